The lowest BCUT2D eigenvalue weighted by molar-refractivity contribution is -0.627. The van der Waals surface area contributed by atoms with E-state index in [1.807, 2.05) is 0 Å². The van der Waals surface area contributed by atoms with Gasteiger partial charge >= 0.3 is 6.85 Å². The molecule has 3 aromatic rings. The highest BCUT2D eigenvalue weighted by molar-refractivity contribution is 6.85. The summed E-state index contributed by atoms with van der Waals surface area (Å²) in [6, 6.07) is 20.1. The minimum absolute atomic E-state index is 0.0653. The Bertz CT molecular complexity index is 1200. The zero-order valence-corrected chi connectivity index (χ0v) is 18.2. The lowest BCUT2D eigenvalue weighted by atomic mass is 9.48. The second-order valence-corrected chi connectivity index (χ2v) is 9.17. The fourth-order valence-corrected chi connectivity index (χ4v) is 5.01. The Morgan fingerprint density at radius 2 is 1.54 bits per heavy atom. The Kier molecular flexibility index (Phi) is 4.37. The van der Waals surface area contributed by atoms with Gasteiger partial charge < -0.3 is 4.81 Å². The van der Waals surface area contributed by atoms with Gasteiger partial charge in [0.2, 0.25) is 5.52 Å². The van der Waals surface area contributed by atoms with Crippen molar-refractivity contribution in [3.63, 3.8) is 0 Å². The van der Waals surface area contributed by atoms with E-state index in [9.17, 15) is 0 Å². The van der Waals surface area contributed by atoms with Gasteiger partial charge in [0.15, 0.2) is 5.59 Å². The summed E-state index contributed by atoms with van der Waals surface area (Å²) in [5.41, 5.74) is 6.82. The third-order valence-corrected chi connectivity index (χ3v) is 6.22. The Balaban J connectivity index is 2.04. The minimum atomic E-state index is 0.0653. The van der Waals surface area contributed by atoms with Crippen LogP contribution in [0, 0.1) is 12.3 Å². The number of nitrogens with zero attached hydrogens (tertiary/aromatic N) is 2. The topological polar surface area (TPSA) is 7.12 Å². The van der Waals surface area contributed by atoms with E-state index >= 15 is 0 Å². The van der Waals surface area contributed by atoms with Crippen molar-refractivity contribution >= 4 is 34.5 Å². The van der Waals surface area contributed by atoms with Crippen LogP contribution in [0.25, 0.3) is 22.1 Å². The minimum Gasteiger partial charge on any atom is -0.407 e. The van der Waals surface area contributed by atoms with Gasteiger partial charge in [-0.2, -0.15) is 0 Å². The number of hydrogen-bond donors (Lipinski definition) is 0. The van der Waals surface area contributed by atoms with E-state index in [2.05, 4.69) is 113 Å². The van der Waals surface area contributed by atoms with Gasteiger partial charge in [-0.05, 0) is 49.0 Å². The molecular weight excluding hydrogens is 339 g/mol. The molecule has 2 aromatic carbocycles. The molecular formula is C25H30BN2+. The van der Waals surface area contributed by atoms with Crippen LogP contribution in [-0.2, 0) is 7.05 Å². The summed E-state index contributed by atoms with van der Waals surface area (Å²) in [5, 5.41) is 4.07. The van der Waals surface area contributed by atoms with Crippen molar-refractivity contribution in [2.45, 2.75) is 34.6 Å². The molecule has 0 N–H and O–H groups in total. The molecule has 1 aromatic heterocycles. The van der Waals surface area contributed by atoms with Gasteiger partial charge in [0.1, 0.15) is 7.05 Å². The third-order valence-electron chi connectivity index (χ3n) is 6.22. The van der Waals surface area contributed by atoms with Crippen molar-refractivity contribution in [1.82, 2.24) is 4.81 Å². The summed E-state index contributed by atoms with van der Waals surface area (Å²) in [7, 11) is 4.46. The Morgan fingerprint density at radius 3 is 2.21 bits per heavy atom. The van der Waals surface area contributed by atoms with E-state index in [0.29, 0.717) is 0 Å². The molecule has 28 heavy (non-hydrogen) atoms. The molecule has 0 saturated carbocycles. The molecule has 0 fully saturated rings. The van der Waals surface area contributed by atoms with Crippen LogP contribution in [0.3, 0.4) is 0 Å². The van der Waals surface area contributed by atoms with E-state index in [4.69, 9.17) is 0 Å². The average Bonchev–Trinajstić information content (AvgIpc) is 2.63. The highest BCUT2D eigenvalue weighted by Crippen LogP contribution is 2.30. The summed E-state index contributed by atoms with van der Waals surface area (Å²) in [6.07, 6.45) is 0. The molecule has 0 unspecified atom stereocenters. The highest BCUT2D eigenvalue weighted by atomic mass is 15.1. The van der Waals surface area contributed by atoms with Crippen molar-refractivity contribution < 1.29 is 4.57 Å². The van der Waals surface area contributed by atoms with Crippen molar-refractivity contribution in [1.29, 1.82) is 0 Å². The molecule has 3 heteroatoms. The van der Waals surface area contributed by atoms with Crippen LogP contribution in [-0.4, -0.2) is 18.7 Å². The number of fused-ring (bicyclic) bond motifs is 2. The van der Waals surface area contributed by atoms with Crippen LogP contribution in [0.2, 0.25) is 0 Å². The molecule has 0 radical (unpaired) electrons. The van der Waals surface area contributed by atoms with Crippen molar-refractivity contribution in [2.75, 3.05) is 7.05 Å². The fourth-order valence-electron chi connectivity index (χ4n) is 5.01. The highest BCUT2D eigenvalue weighted by Gasteiger charge is 2.40. The molecule has 0 amide bonds. The summed E-state index contributed by atoms with van der Waals surface area (Å²) in [6.45, 7) is 11.7. The summed E-state index contributed by atoms with van der Waals surface area (Å²) < 4.78 is 2.38. The van der Waals surface area contributed by atoms with Gasteiger partial charge in [0.05, 0.1) is 0 Å². The monoisotopic (exact) mass is 369 g/mol. The number of aromatic nitrogens is 1. The Labute approximate surface area is 168 Å². The van der Waals surface area contributed by atoms with E-state index in [1.165, 1.54) is 43.7 Å². The first-order valence-corrected chi connectivity index (χ1v) is 10.1. The largest absolute Gasteiger partial charge is 0.407 e. The van der Waals surface area contributed by atoms with E-state index in [-0.39, 0.29) is 12.3 Å². The maximum Gasteiger partial charge on any atom is 0.399 e. The summed E-state index contributed by atoms with van der Waals surface area (Å²) in [5.74, 6) is 0. The van der Waals surface area contributed by atoms with Crippen LogP contribution in [0.15, 0.2) is 54.6 Å². The lowest BCUT2D eigenvalue weighted by Gasteiger charge is -2.38. The van der Waals surface area contributed by atoms with E-state index in [1.54, 1.807) is 0 Å². The zero-order chi connectivity index (χ0) is 20.2. The predicted molar refractivity (Wildman–Crippen MR) is 121 cm³/mol. The van der Waals surface area contributed by atoms with E-state index in [0.717, 1.165) is 0 Å². The first-order valence-electron chi connectivity index (χ1n) is 10.1. The lowest BCUT2D eigenvalue weighted by Crippen LogP contribution is -2.65. The molecule has 1 aliphatic rings. The van der Waals surface area contributed by atoms with Crippen LogP contribution in [0.5, 0.6) is 0 Å². The SMILES string of the molecule is CC1=c2ccccc2=C(C(C)(C)C)N(C)B1c1ccc2c(C)cccc2[n+]1C. The summed E-state index contributed by atoms with van der Waals surface area (Å²) in [4.78, 5) is 2.49. The predicted octanol–water partition coefficient (Wildman–Crippen LogP) is 2.68. The standard InChI is InChI=1S/C25H30BN2/c1-17-11-10-14-22-19(17)15-16-23(27(22)6)26-18(2)20-12-8-9-13-21(20)24(28(26)7)25(3,4)5/h8-16H,1-7H3/q+1. The molecule has 4 rings (SSSR count). The van der Waals surface area contributed by atoms with Crippen molar-refractivity contribution in [2.24, 2.45) is 12.5 Å². The fraction of sp³-hybridized carbons (Fsp3) is 0.320. The average molecular weight is 369 g/mol. The molecule has 0 aliphatic carbocycles. The molecule has 2 heterocycles. The maximum atomic E-state index is 2.49. The molecule has 0 atom stereocenters. The second kappa shape index (κ2) is 6.51. The van der Waals surface area contributed by atoms with Gasteiger partial charge in [0, 0.05) is 22.6 Å². The Morgan fingerprint density at radius 1 is 0.857 bits per heavy atom. The maximum absolute atomic E-state index is 2.49. The van der Waals surface area contributed by atoms with Gasteiger partial charge in [-0.1, -0.05) is 62.6 Å². The zero-order valence-electron chi connectivity index (χ0n) is 18.2. The first-order chi connectivity index (χ1) is 13.2. The second-order valence-electron chi connectivity index (χ2n) is 9.17. The van der Waals surface area contributed by atoms with Crippen LogP contribution in [0.4, 0.5) is 0 Å². The number of hydrogen-bond acceptors (Lipinski definition) is 1. The number of rotatable bonds is 1. The van der Waals surface area contributed by atoms with Gasteiger partial charge in [-0.25, -0.2) is 4.57 Å². The summed E-state index contributed by atoms with van der Waals surface area (Å²) >= 11 is 0. The third kappa shape index (κ3) is 2.76. The number of pyridine rings is 1. The van der Waals surface area contributed by atoms with Crippen LogP contribution < -0.4 is 20.6 Å². The first kappa shape index (κ1) is 18.8. The molecule has 1 aliphatic heterocycles. The molecule has 0 bridgehead atoms. The quantitative estimate of drug-likeness (QED) is 0.473. The van der Waals surface area contributed by atoms with Gasteiger partial charge in [0.25, 0.3) is 0 Å². The number of benzene rings is 2. The van der Waals surface area contributed by atoms with Gasteiger partial charge in [-0.3, -0.25) is 0 Å². The molecule has 0 spiro atoms. The van der Waals surface area contributed by atoms with Crippen LogP contribution in [0.1, 0.15) is 33.3 Å². The smallest absolute Gasteiger partial charge is 0.399 e. The molecule has 0 saturated heterocycles. The Hall–Kier alpha value is -2.55. The van der Waals surface area contributed by atoms with Crippen molar-refractivity contribution in [3.8, 4) is 0 Å². The molecule has 142 valence electrons. The van der Waals surface area contributed by atoms with E-state index < -0.39 is 0 Å². The van der Waals surface area contributed by atoms with Crippen LogP contribution >= 0.6 is 0 Å². The molecule has 2 nitrogen and oxygen atoms in total. The normalized spacial score (nSPS) is 14.7. The van der Waals surface area contributed by atoms with Crippen molar-refractivity contribution in [3.05, 3.63) is 70.6 Å². The van der Waals surface area contributed by atoms with Gasteiger partial charge in [-0.15, -0.1) is 0 Å². The number of aryl methyl sites for hydroxylation is 2.